The second-order valence-electron chi connectivity index (χ2n) is 5.19. The summed E-state index contributed by atoms with van der Waals surface area (Å²) in [6, 6.07) is 4.74. The normalized spacial score (nSPS) is 20.9. The van der Waals surface area contributed by atoms with E-state index in [-0.39, 0.29) is 6.79 Å². The van der Waals surface area contributed by atoms with Crippen molar-refractivity contribution in [3.05, 3.63) is 23.8 Å². The number of likely N-dealkylation sites (N-methyl/N-ethyl adjacent to an activating group) is 1. The predicted octanol–water partition coefficient (Wildman–Crippen LogP) is 0.788. The first-order valence-electron chi connectivity index (χ1n) is 6.70. The van der Waals surface area contributed by atoms with Gasteiger partial charge in [0.1, 0.15) is 6.04 Å². The van der Waals surface area contributed by atoms with E-state index in [4.69, 9.17) is 9.47 Å². The Balaban J connectivity index is 1.85. The third-order valence-electron chi connectivity index (χ3n) is 3.85. The van der Waals surface area contributed by atoms with Crippen molar-refractivity contribution in [3.63, 3.8) is 0 Å². The Morgan fingerprint density at radius 2 is 1.90 bits per heavy atom. The van der Waals surface area contributed by atoms with Crippen LogP contribution in [0.3, 0.4) is 0 Å². The summed E-state index contributed by atoms with van der Waals surface area (Å²) in [5.41, 5.74) is 0.742. The maximum absolute atomic E-state index is 11.7. The molecule has 0 radical (unpaired) electrons. The van der Waals surface area contributed by atoms with Crippen LogP contribution in [0.5, 0.6) is 11.5 Å². The number of piperazine rings is 1. The standard InChI is InChI=1S/C14H18N2O4/c1-15-4-6-16(7-5-15)13(14(17)18)10-2-3-11-12(8-10)20-9-19-11/h2-3,8,13H,4-7,9H2,1H3,(H,17,18). The third-order valence-corrected chi connectivity index (χ3v) is 3.85. The molecule has 2 aliphatic rings. The molecule has 1 aromatic carbocycles. The highest BCUT2D eigenvalue weighted by molar-refractivity contribution is 5.76. The molecule has 1 N–H and O–H groups in total. The first-order chi connectivity index (χ1) is 9.65. The number of ether oxygens (including phenoxy) is 2. The number of rotatable bonds is 3. The molecule has 2 heterocycles. The molecule has 1 fully saturated rings. The van der Waals surface area contributed by atoms with Gasteiger partial charge in [0.25, 0.3) is 0 Å². The van der Waals surface area contributed by atoms with Gasteiger partial charge in [-0.05, 0) is 24.7 Å². The van der Waals surface area contributed by atoms with Crippen LogP contribution in [0.1, 0.15) is 11.6 Å². The molecule has 1 aromatic rings. The van der Waals surface area contributed by atoms with Crippen molar-refractivity contribution in [1.82, 2.24) is 9.80 Å². The summed E-state index contributed by atoms with van der Waals surface area (Å²) in [4.78, 5) is 15.9. The lowest BCUT2D eigenvalue weighted by molar-refractivity contribution is -0.144. The second-order valence-corrected chi connectivity index (χ2v) is 5.19. The van der Waals surface area contributed by atoms with Gasteiger partial charge in [0.15, 0.2) is 11.5 Å². The molecule has 0 aromatic heterocycles. The smallest absolute Gasteiger partial charge is 0.325 e. The van der Waals surface area contributed by atoms with Crippen LogP contribution in [0, 0.1) is 0 Å². The Bertz CT molecular complexity index is 512. The number of fused-ring (bicyclic) bond motifs is 1. The van der Waals surface area contributed by atoms with Crippen LogP contribution in [0.4, 0.5) is 0 Å². The van der Waals surface area contributed by atoms with Crippen molar-refractivity contribution in [3.8, 4) is 11.5 Å². The van der Waals surface area contributed by atoms with E-state index in [2.05, 4.69) is 4.90 Å². The minimum absolute atomic E-state index is 0.199. The van der Waals surface area contributed by atoms with E-state index in [0.29, 0.717) is 11.5 Å². The maximum Gasteiger partial charge on any atom is 0.325 e. The lowest BCUT2D eigenvalue weighted by Gasteiger charge is -2.36. The van der Waals surface area contributed by atoms with Crippen molar-refractivity contribution in [2.75, 3.05) is 40.0 Å². The number of hydrogen-bond donors (Lipinski definition) is 1. The Morgan fingerprint density at radius 1 is 1.20 bits per heavy atom. The van der Waals surface area contributed by atoms with Gasteiger partial charge in [0.05, 0.1) is 0 Å². The van der Waals surface area contributed by atoms with Crippen LogP contribution in [-0.4, -0.2) is 60.9 Å². The van der Waals surface area contributed by atoms with Crippen LogP contribution < -0.4 is 9.47 Å². The number of aliphatic carboxylic acids is 1. The van der Waals surface area contributed by atoms with E-state index >= 15 is 0 Å². The van der Waals surface area contributed by atoms with Crippen molar-refractivity contribution >= 4 is 5.97 Å². The first-order valence-corrected chi connectivity index (χ1v) is 6.70. The molecule has 2 aliphatic heterocycles. The van der Waals surface area contributed by atoms with E-state index in [1.807, 2.05) is 18.0 Å². The highest BCUT2D eigenvalue weighted by atomic mass is 16.7. The lowest BCUT2D eigenvalue weighted by Crippen LogP contribution is -2.47. The topological polar surface area (TPSA) is 62.2 Å². The molecule has 6 nitrogen and oxygen atoms in total. The van der Waals surface area contributed by atoms with E-state index in [1.54, 1.807) is 12.1 Å². The Hall–Kier alpha value is -1.79. The van der Waals surface area contributed by atoms with Gasteiger partial charge in [-0.1, -0.05) is 6.07 Å². The molecule has 1 unspecified atom stereocenters. The highest BCUT2D eigenvalue weighted by Gasteiger charge is 2.30. The van der Waals surface area contributed by atoms with Gasteiger partial charge in [-0.25, -0.2) is 0 Å². The van der Waals surface area contributed by atoms with Crippen molar-refractivity contribution in [2.24, 2.45) is 0 Å². The summed E-state index contributed by atoms with van der Waals surface area (Å²) in [6.07, 6.45) is 0. The zero-order valence-corrected chi connectivity index (χ0v) is 11.4. The monoisotopic (exact) mass is 278 g/mol. The predicted molar refractivity (Wildman–Crippen MR) is 72.0 cm³/mol. The van der Waals surface area contributed by atoms with Crippen LogP contribution in [0.25, 0.3) is 0 Å². The van der Waals surface area contributed by atoms with Crippen LogP contribution in [0.2, 0.25) is 0 Å². The molecule has 0 aliphatic carbocycles. The van der Waals surface area contributed by atoms with E-state index in [1.165, 1.54) is 0 Å². The lowest BCUT2D eigenvalue weighted by atomic mass is 10.0. The molecule has 6 heteroatoms. The quantitative estimate of drug-likeness (QED) is 0.882. The fraction of sp³-hybridized carbons (Fsp3) is 0.500. The molecular formula is C14H18N2O4. The molecule has 1 saturated heterocycles. The van der Waals surface area contributed by atoms with Gasteiger partial charge in [-0.15, -0.1) is 0 Å². The van der Waals surface area contributed by atoms with Crippen LogP contribution >= 0.6 is 0 Å². The Labute approximate surface area is 117 Å². The minimum Gasteiger partial charge on any atom is -0.480 e. The molecule has 0 amide bonds. The number of nitrogens with zero attached hydrogens (tertiary/aromatic N) is 2. The molecular weight excluding hydrogens is 260 g/mol. The van der Waals surface area contributed by atoms with Gasteiger partial charge < -0.3 is 19.5 Å². The van der Waals surface area contributed by atoms with Gasteiger partial charge in [0, 0.05) is 26.2 Å². The second kappa shape index (κ2) is 5.30. The number of carbonyl (C=O) groups is 1. The van der Waals surface area contributed by atoms with E-state index < -0.39 is 12.0 Å². The maximum atomic E-state index is 11.7. The molecule has 20 heavy (non-hydrogen) atoms. The summed E-state index contributed by atoms with van der Waals surface area (Å²) in [5.74, 6) is 0.479. The largest absolute Gasteiger partial charge is 0.480 e. The van der Waals surface area contributed by atoms with Gasteiger partial charge in [0.2, 0.25) is 6.79 Å². The van der Waals surface area contributed by atoms with Crippen molar-refractivity contribution in [2.45, 2.75) is 6.04 Å². The first kappa shape index (κ1) is 13.2. The minimum atomic E-state index is -0.826. The van der Waals surface area contributed by atoms with Crippen LogP contribution in [-0.2, 0) is 4.79 Å². The summed E-state index contributed by atoms with van der Waals surface area (Å²) >= 11 is 0. The Morgan fingerprint density at radius 3 is 2.60 bits per heavy atom. The zero-order valence-electron chi connectivity index (χ0n) is 11.4. The summed E-state index contributed by atoms with van der Waals surface area (Å²) in [6.45, 7) is 3.47. The molecule has 0 bridgehead atoms. The summed E-state index contributed by atoms with van der Waals surface area (Å²) in [7, 11) is 2.05. The number of hydrogen-bond acceptors (Lipinski definition) is 5. The number of benzene rings is 1. The molecule has 1 atom stereocenters. The zero-order chi connectivity index (χ0) is 14.1. The molecule has 108 valence electrons. The summed E-state index contributed by atoms with van der Waals surface area (Å²) in [5, 5.41) is 9.57. The van der Waals surface area contributed by atoms with Gasteiger partial charge in [-0.3, -0.25) is 9.69 Å². The SMILES string of the molecule is CN1CCN(C(C(=O)O)c2ccc3c(c2)OCO3)CC1. The van der Waals surface area contributed by atoms with Crippen molar-refractivity contribution < 1.29 is 19.4 Å². The van der Waals surface area contributed by atoms with E-state index in [0.717, 1.165) is 31.7 Å². The van der Waals surface area contributed by atoms with Crippen LogP contribution in [0.15, 0.2) is 18.2 Å². The fourth-order valence-corrected chi connectivity index (χ4v) is 2.67. The van der Waals surface area contributed by atoms with Gasteiger partial charge in [-0.2, -0.15) is 0 Å². The average molecular weight is 278 g/mol. The highest BCUT2D eigenvalue weighted by Crippen LogP contribution is 2.35. The molecule has 3 rings (SSSR count). The third kappa shape index (κ3) is 2.44. The molecule has 0 spiro atoms. The van der Waals surface area contributed by atoms with E-state index in [9.17, 15) is 9.90 Å². The van der Waals surface area contributed by atoms with Gasteiger partial charge >= 0.3 is 5.97 Å². The number of carboxylic acid groups (broad SMARTS) is 1. The molecule has 0 saturated carbocycles. The fourth-order valence-electron chi connectivity index (χ4n) is 2.67. The van der Waals surface area contributed by atoms with Crippen molar-refractivity contribution in [1.29, 1.82) is 0 Å². The summed E-state index contributed by atoms with van der Waals surface area (Å²) < 4.78 is 10.6. The average Bonchev–Trinajstić information content (AvgIpc) is 2.88. The Kier molecular flexibility index (Phi) is 3.50. The number of carboxylic acids is 1.